The van der Waals surface area contributed by atoms with Gasteiger partial charge in [0.25, 0.3) is 0 Å². The molecule has 2 aromatic carbocycles. The van der Waals surface area contributed by atoms with E-state index in [2.05, 4.69) is 20.8 Å². The van der Waals surface area contributed by atoms with E-state index < -0.39 is 6.10 Å². The van der Waals surface area contributed by atoms with Crippen molar-refractivity contribution >= 4 is 11.5 Å². The van der Waals surface area contributed by atoms with Crippen LogP contribution in [0.4, 0.5) is 5.69 Å². The van der Waals surface area contributed by atoms with Gasteiger partial charge >= 0.3 is 0 Å². The number of rotatable bonds is 5. The minimum atomic E-state index is -0.487. The molecule has 0 heterocycles. The van der Waals surface area contributed by atoms with Crippen molar-refractivity contribution in [3.8, 4) is 5.75 Å². The van der Waals surface area contributed by atoms with Crippen molar-refractivity contribution < 1.29 is 9.53 Å². The van der Waals surface area contributed by atoms with Crippen molar-refractivity contribution in [2.45, 2.75) is 45.6 Å². The van der Waals surface area contributed by atoms with Crippen molar-refractivity contribution in [1.82, 2.24) is 0 Å². The molecule has 0 aliphatic rings. The molecule has 0 bridgehead atoms. The van der Waals surface area contributed by atoms with Crippen molar-refractivity contribution in [2.24, 2.45) is 0 Å². The van der Waals surface area contributed by atoms with Gasteiger partial charge in [-0.05, 0) is 41.7 Å². The van der Waals surface area contributed by atoms with Crippen LogP contribution in [0.5, 0.6) is 5.75 Å². The van der Waals surface area contributed by atoms with Crippen LogP contribution in [0.3, 0.4) is 0 Å². The molecule has 0 amide bonds. The lowest BCUT2D eigenvalue weighted by atomic mass is 9.86. The summed E-state index contributed by atoms with van der Waals surface area (Å²) in [6, 6.07) is 14.9. The fraction of sp³-hybridized carbons (Fsp3) is 0.350. The molecule has 2 N–H and O–H groups in total. The molecule has 2 aromatic rings. The lowest BCUT2D eigenvalue weighted by molar-refractivity contribution is 0.0786. The molecule has 122 valence electrons. The van der Waals surface area contributed by atoms with Crippen LogP contribution in [0.2, 0.25) is 0 Å². The van der Waals surface area contributed by atoms with E-state index in [1.807, 2.05) is 31.2 Å². The summed E-state index contributed by atoms with van der Waals surface area (Å²) in [5, 5.41) is 0. The summed E-state index contributed by atoms with van der Waals surface area (Å²) in [7, 11) is 0. The summed E-state index contributed by atoms with van der Waals surface area (Å²) in [6.07, 6.45) is 0.128. The van der Waals surface area contributed by atoms with E-state index in [0.717, 1.165) is 0 Å². The third-order valence-electron chi connectivity index (χ3n) is 3.86. The van der Waals surface area contributed by atoms with Crippen LogP contribution in [-0.2, 0) is 5.41 Å². The molecule has 1 unspecified atom stereocenters. The Balaban J connectivity index is 2.14. The normalized spacial score (nSPS) is 12.7. The number of benzene rings is 2. The Bertz CT molecular complexity index is 652. The highest BCUT2D eigenvalue weighted by Gasteiger charge is 2.21. The predicted octanol–water partition coefficient (Wildman–Crippen LogP) is 4.61. The van der Waals surface area contributed by atoms with E-state index in [-0.39, 0.29) is 11.2 Å². The Labute approximate surface area is 138 Å². The average molecular weight is 311 g/mol. The third kappa shape index (κ3) is 4.35. The Morgan fingerprint density at radius 1 is 1.04 bits per heavy atom. The molecular formula is C20H25NO2. The number of carbonyl (C=O) groups is 1. The van der Waals surface area contributed by atoms with Crippen molar-refractivity contribution in [3.05, 3.63) is 59.7 Å². The van der Waals surface area contributed by atoms with Gasteiger partial charge in [-0.1, -0.05) is 52.0 Å². The second-order valence-electron chi connectivity index (χ2n) is 6.78. The van der Waals surface area contributed by atoms with Gasteiger partial charge in [-0.15, -0.1) is 0 Å². The zero-order chi connectivity index (χ0) is 17.0. The van der Waals surface area contributed by atoms with E-state index in [0.29, 0.717) is 23.4 Å². The smallest absolute Gasteiger partial charge is 0.203 e. The van der Waals surface area contributed by atoms with Gasteiger partial charge in [0.2, 0.25) is 5.78 Å². The standard InChI is InChI=1S/C20H25NO2/c1-5-18(23-17-12-10-16(21)11-13-17)19(22)14-6-8-15(9-7-14)20(2,3)4/h6-13,18H,5,21H2,1-4H3. The average Bonchev–Trinajstić information content (AvgIpc) is 2.53. The van der Waals surface area contributed by atoms with E-state index >= 15 is 0 Å². The van der Waals surface area contributed by atoms with Gasteiger partial charge in [0.15, 0.2) is 6.10 Å². The number of carbonyl (C=O) groups excluding carboxylic acids is 1. The first-order chi connectivity index (χ1) is 10.8. The SMILES string of the molecule is CCC(Oc1ccc(N)cc1)C(=O)c1ccc(C(C)(C)C)cc1. The zero-order valence-electron chi connectivity index (χ0n) is 14.3. The van der Waals surface area contributed by atoms with Crippen molar-refractivity contribution in [2.75, 3.05) is 5.73 Å². The van der Waals surface area contributed by atoms with Gasteiger partial charge in [0.05, 0.1) is 0 Å². The summed E-state index contributed by atoms with van der Waals surface area (Å²) in [5.74, 6) is 0.662. The Morgan fingerprint density at radius 3 is 2.09 bits per heavy atom. The first kappa shape index (κ1) is 17.1. The molecule has 0 aliphatic carbocycles. The summed E-state index contributed by atoms with van der Waals surface area (Å²) in [6.45, 7) is 8.41. The van der Waals surface area contributed by atoms with E-state index in [1.165, 1.54) is 5.56 Å². The number of Topliss-reactive ketones (excluding diaryl/α,β-unsaturated/α-hetero) is 1. The van der Waals surface area contributed by atoms with Gasteiger partial charge in [-0.2, -0.15) is 0 Å². The van der Waals surface area contributed by atoms with Crippen molar-refractivity contribution in [3.63, 3.8) is 0 Å². The molecule has 0 spiro atoms. The van der Waals surface area contributed by atoms with E-state index in [1.54, 1.807) is 24.3 Å². The maximum absolute atomic E-state index is 12.7. The molecule has 0 aromatic heterocycles. The second-order valence-corrected chi connectivity index (χ2v) is 6.78. The molecule has 0 fully saturated rings. The van der Waals surface area contributed by atoms with E-state index in [9.17, 15) is 4.79 Å². The largest absolute Gasteiger partial charge is 0.482 e. The summed E-state index contributed by atoms with van der Waals surface area (Å²) < 4.78 is 5.83. The Kier molecular flexibility index (Phi) is 5.09. The van der Waals surface area contributed by atoms with Crippen LogP contribution >= 0.6 is 0 Å². The van der Waals surface area contributed by atoms with Crippen LogP contribution in [0.25, 0.3) is 0 Å². The van der Waals surface area contributed by atoms with Crippen molar-refractivity contribution in [1.29, 1.82) is 0 Å². The van der Waals surface area contributed by atoms with Crippen LogP contribution in [0, 0.1) is 0 Å². The van der Waals surface area contributed by atoms with Gasteiger partial charge in [0.1, 0.15) is 5.75 Å². The number of anilines is 1. The first-order valence-corrected chi connectivity index (χ1v) is 7.98. The predicted molar refractivity (Wildman–Crippen MR) is 95.0 cm³/mol. The molecular weight excluding hydrogens is 286 g/mol. The lowest BCUT2D eigenvalue weighted by Crippen LogP contribution is -2.26. The fourth-order valence-corrected chi connectivity index (χ4v) is 2.35. The lowest BCUT2D eigenvalue weighted by Gasteiger charge is -2.20. The summed E-state index contributed by atoms with van der Waals surface area (Å²) in [4.78, 5) is 12.7. The molecule has 23 heavy (non-hydrogen) atoms. The van der Waals surface area contributed by atoms with Gasteiger partial charge in [0, 0.05) is 11.3 Å². The van der Waals surface area contributed by atoms with Gasteiger partial charge < -0.3 is 10.5 Å². The van der Waals surface area contributed by atoms with Gasteiger partial charge in [-0.25, -0.2) is 0 Å². The highest BCUT2D eigenvalue weighted by atomic mass is 16.5. The monoisotopic (exact) mass is 311 g/mol. The highest BCUT2D eigenvalue weighted by molar-refractivity contribution is 5.99. The second kappa shape index (κ2) is 6.86. The summed E-state index contributed by atoms with van der Waals surface area (Å²) >= 11 is 0. The first-order valence-electron chi connectivity index (χ1n) is 7.98. The molecule has 3 nitrogen and oxygen atoms in total. The molecule has 0 radical (unpaired) electrons. The Hall–Kier alpha value is -2.29. The number of nitrogens with two attached hydrogens (primary N) is 1. The third-order valence-corrected chi connectivity index (χ3v) is 3.86. The number of ether oxygens (including phenoxy) is 1. The molecule has 0 saturated carbocycles. The zero-order valence-corrected chi connectivity index (χ0v) is 14.3. The maximum atomic E-state index is 12.7. The minimum Gasteiger partial charge on any atom is -0.482 e. The fourth-order valence-electron chi connectivity index (χ4n) is 2.35. The highest BCUT2D eigenvalue weighted by Crippen LogP contribution is 2.23. The Morgan fingerprint density at radius 2 is 1.61 bits per heavy atom. The minimum absolute atomic E-state index is 0.00443. The molecule has 3 heteroatoms. The molecule has 0 aliphatic heterocycles. The molecule has 1 atom stereocenters. The topological polar surface area (TPSA) is 52.3 Å². The van der Waals surface area contributed by atoms with Crippen LogP contribution in [-0.4, -0.2) is 11.9 Å². The summed E-state index contributed by atoms with van der Waals surface area (Å²) in [5.41, 5.74) is 8.31. The number of hydrogen-bond donors (Lipinski definition) is 1. The number of ketones is 1. The number of hydrogen-bond acceptors (Lipinski definition) is 3. The van der Waals surface area contributed by atoms with Crippen LogP contribution in [0.15, 0.2) is 48.5 Å². The molecule has 2 rings (SSSR count). The van der Waals surface area contributed by atoms with Crippen LogP contribution < -0.4 is 10.5 Å². The number of nitrogen functional groups attached to an aromatic ring is 1. The van der Waals surface area contributed by atoms with Crippen LogP contribution in [0.1, 0.15) is 50.0 Å². The maximum Gasteiger partial charge on any atom is 0.203 e. The quantitative estimate of drug-likeness (QED) is 0.648. The van der Waals surface area contributed by atoms with E-state index in [4.69, 9.17) is 10.5 Å². The van der Waals surface area contributed by atoms with Gasteiger partial charge in [-0.3, -0.25) is 4.79 Å². The molecule has 0 saturated heterocycles.